The SMILES string of the molecule is Cc1nc2nc(nc(C)c3ccccc3c(C)nc3nc(nc(C)c4ccccc14)-c1ccccc1-3)-c1ccccc1-2. The fraction of sp³-hybridized carbons (Fsp3) is 0.111. The molecule has 7 rings (SSSR count). The molecule has 6 nitrogen and oxygen atoms in total. The number of aryl methyl sites for hydroxylation is 4. The molecule has 0 fully saturated rings. The van der Waals surface area contributed by atoms with Crippen molar-refractivity contribution in [1.82, 2.24) is 29.9 Å². The molecule has 3 heterocycles. The van der Waals surface area contributed by atoms with E-state index in [1.54, 1.807) is 0 Å². The van der Waals surface area contributed by atoms with Crippen LogP contribution in [0, 0.1) is 27.7 Å². The van der Waals surface area contributed by atoms with Crippen LogP contribution in [0.3, 0.4) is 0 Å². The van der Waals surface area contributed by atoms with Crippen molar-refractivity contribution in [3.8, 4) is 45.6 Å². The van der Waals surface area contributed by atoms with E-state index >= 15 is 0 Å². The molecule has 0 N–H and O–H groups in total. The number of rotatable bonds is 0. The minimum Gasteiger partial charge on any atom is -0.233 e. The molecule has 6 heteroatoms. The zero-order valence-electron chi connectivity index (χ0n) is 23.9. The second kappa shape index (κ2) is 10.2. The van der Waals surface area contributed by atoms with Gasteiger partial charge < -0.3 is 0 Å². The van der Waals surface area contributed by atoms with E-state index in [4.69, 9.17) is 29.9 Å². The molecule has 2 aliphatic heterocycles. The molecular weight excluding hydrogens is 516 g/mol. The summed E-state index contributed by atoms with van der Waals surface area (Å²) in [6.45, 7) is 8.07. The van der Waals surface area contributed by atoms with Crippen LogP contribution in [0.2, 0.25) is 0 Å². The Balaban J connectivity index is 1.68. The van der Waals surface area contributed by atoms with E-state index in [-0.39, 0.29) is 0 Å². The predicted octanol–water partition coefficient (Wildman–Crippen LogP) is 8.26. The molecule has 0 unspecified atom stereocenters. The second-order valence-electron chi connectivity index (χ2n) is 10.5. The van der Waals surface area contributed by atoms with Crippen LogP contribution in [-0.4, -0.2) is 29.9 Å². The Kier molecular flexibility index (Phi) is 6.24. The highest BCUT2D eigenvalue weighted by Crippen LogP contribution is 2.35. The summed E-state index contributed by atoms with van der Waals surface area (Å²) >= 11 is 0. The van der Waals surface area contributed by atoms with Gasteiger partial charge in [0.15, 0.2) is 23.3 Å². The van der Waals surface area contributed by atoms with Gasteiger partial charge in [-0.1, -0.05) is 97.1 Å². The van der Waals surface area contributed by atoms with E-state index in [2.05, 4.69) is 48.5 Å². The van der Waals surface area contributed by atoms with Crippen LogP contribution in [-0.2, 0) is 0 Å². The quantitative estimate of drug-likeness (QED) is 0.191. The van der Waals surface area contributed by atoms with Gasteiger partial charge >= 0.3 is 0 Å². The second-order valence-corrected chi connectivity index (χ2v) is 10.5. The number of nitrogens with zero attached hydrogens (tertiary/aromatic N) is 6. The van der Waals surface area contributed by atoms with Crippen LogP contribution in [0.25, 0.3) is 67.1 Å². The molecule has 4 aromatic carbocycles. The Labute approximate surface area is 244 Å². The van der Waals surface area contributed by atoms with Crippen LogP contribution in [0.4, 0.5) is 0 Å². The first-order valence-electron chi connectivity index (χ1n) is 14.0. The molecule has 0 radical (unpaired) electrons. The van der Waals surface area contributed by atoms with Crippen LogP contribution in [0.15, 0.2) is 97.1 Å². The molecule has 1 aromatic heterocycles. The number of fused-ring (bicyclic) bond motifs is 12. The van der Waals surface area contributed by atoms with Crippen LogP contribution in [0.1, 0.15) is 22.8 Å². The highest BCUT2D eigenvalue weighted by atomic mass is 15.0. The van der Waals surface area contributed by atoms with Gasteiger partial charge in [-0.3, -0.25) is 0 Å². The minimum atomic E-state index is 0.652. The lowest BCUT2D eigenvalue weighted by molar-refractivity contribution is 1.14. The molecule has 0 saturated carbocycles. The van der Waals surface area contributed by atoms with Crippen LogP contribution in [0.5, 0.6) is 0 Å². The largest absolute Gasteiger partial charge is 0.233 e. The smallest absolute Gasteiger partial charge is 0.162 e. The fourth-order valence-corrected chi connectivity index (χ4v) is 5.63. The van der Waals surface area contributed by atoms with Gasteiger partial charge in [-0.25, -0.2) is 29.9 Å². The van der Waals surface area contributed by atoms with Gasteiger partial charge in [-0.15, -0.1) is 0 Å². The highest BCUT2D eigenvalue weighted by molar-refractivity contribution is 5.89. The molecule has 5 aromatic rings. The number of benzene rings is 4. The molecule has 0 aliphatic carbocycles. The maximum absolute atomic E-state index is 5.05. The predicted molar refractivity (Wildman–Crippen MR) is 169 cm³/mol. The summed E-state index contributed by atoms with van der Waals surface area (Å²) in [4.78, 5) is 30.1. The third-order valence-corrected chi connectivity index (χ3v) is 7.75. The third-order valence-electron chi connectivity index (χ3n) is 7.75. The topological polar surface area (TPSA) is 77.3 Å². The first-order chi connectivity index (χ1) is 20.5. The van der Waals surface area contributed by atoms with Gasteiger partial charge in [0.2, 0.25) is 0 Å². The van der Waals surface area contributed by atoms with E-state index in [1.807, 2.05) is 76.2 Å². The average molecular weight is 545 g/mol. The van der Waals surface area contributed by atoms with Gasteiger partial charge in [0.25, 0.3) is 0 Å². The van der Waals surface area contributed by atoms with Gasteiger partial charge in [0.05, 0.1) is 0 Å². The average Bonchev–Trinajstić information content (AvgIpc) is 3.54. The van der Waals surface area contributed by atoms with Crippen LogP contribution < -0.4 is 0 Å². The van der Waals surface area contributed by atoms with Crippen LogP contribution >= 0.6 is 0 Å². The Morgan fingerprint density at radius 3 is 0.738 bits per heavy atom. The van der Waals surface area contributed by atoms with Crippen molar-refractivity contribution in [2.75, 3.05) is 0 Å². The fourth-order valence-electron chi connectivity index (χ4n) is 5.63. The first kappa shape index (κ1) is 25.6. The summed E-state index contributed by atoms with van der Waals surface area (Å²) < 4.78 is 0. The summed E-state index contributed by atoms with van der Waals surface area (Å²) in [6, 6.07) is 32.7. The van der Waals surface area contributed by atoms with Crippen molar-refractivity contribution >= 4 is 21.5 Å². The van der Waals surface area contributed by atoms with Crippen molar-refractivity contribution in [2.45, 2.75) is 27.7 Å². The van der Waals surface area contributed by atoms with Gasteiger partial charge in [0.1, 0.15) is 0 Å². The Morgan fingerprint density at radius 2 is 0.500 bits per heavy atom. The Morgan fingerprint density at radius 1 is 0.286 bits per heavy atom. The third kappa shape index (κ3) is 4.38. The highest BCUT2D eigenvalue weighted by Gasteiger charge is 2.20. The van der Waals surface area contributed by atoms with Crippen molar-refractivity contribution in [1.29, 1.82) is 0 Å². The maximum Gasteiger partial charge on any atom is 0.162 e. The molecule has 42 heavy (non-hydrogen) atoms. The molecule has 0 saturated heterocycles. The maximum atomic E-state index is 5.05. The van der Waals surface area contributed by atoms with Crippen molar-refractivity contribution in [3.05, 3.63) is 120 Å². The Hall–Kier alpha value is -5.36. The van der Waals surface area contributed by atoms with Crippen molar-refractivity contribution < 1.29 is 0 Å². The molecule has 0 spiro atoms. The van der Waals surface area contributed by atoms with E-state index in [0.29, 0.717) is 23.3 Å². The van der Waals surface area contributed by atoms with Crippen molar-refractivity contribution in [3.63, 3.8) is 0 Å². The summed E-state index contributed by atoms with van der Waals surface area (Å²) in [5, 5.41) is 3.97. The lowest BCUT2D eigenvalue weighted by Gasteiger charge is -2.02. The minimum absolute atomic E-state index is 0.652. The zero-order valence-corrected chi connectivity index (χ0v) is 23.9. The summed E-state index contributed by atoms with van der Waals surface area (Å²) in [6.07, 6.45) is 0. The number of hydrogen-bond acceptors (Lipinski definition) is 6. The number of aromatic nitrogens is 6. The molecule has 0 amide bonds. The molecule has 4 bridgehead atoms. The lowest BCUT2D eigenvalue weighted by atomic mass is 10.1. The lowest BCUT2D eigenvalue weighted by Crippen LogP contribution is -1.89. The number of hydrogen-bond donors (Lipinski definition) is 0. The molecule has 2 aliphatic rings. The zero-order chi connectivity index (χ0) is 28.8. The normalized spacial score (nSPS) is 11.3. The van der Waals surface area contributed by atoms with Crippen molar-refractivity contribution in [2.24, 2.45) is 0 Å². The van der Waals surface area contributed by atoms with E-state index < -0.39 is 0 Å². The van der Waals surface area contributed by atoms with E-state index in [0.717, 1.165) is 66.6 Å². The first-order valence-corrected chi connectivity index (χ1v) is 14.0. The summed E-state index contributed by atoms with van der Waals surface area (Å²) in [5.41, 5.74) is 7.27. The van der Waals surface area contributed by atoms with Gasteiger partial charge in [-0.05, 0) is 27.7 Å². The van der Waals surface area contributed by atoms with Gasteiger partial charge in [-0.2, -0.15) is 0 Å². The van der Waals surface area contributed by atoms with E-state index in [9.17, 15) is 0 Å². The Bertz CT molecular complexity index is 1850. The van der Waals surface area contributed by atoms with Gasteiger partial charge in [0, 0.05) is 66.6 Å². The monoisotopic (exact) mass is 544 g/mol. The summed E-state index contributed by atoms with van der Waals surface area (Å²) in [5.74, 6) is 2.61. The standard InChI is InChI=1S/C36H28N6/c1-21-25-13-5-6-14-26(25)22(2)38-35-31-19-11-12-20-32(31)36(42-35)40-24(4)28-16-8-7-15-27(28)23(3)39-34-30-18-10-9-17-29(30)33(37-21)41-34/h5-20H,1-4H3. The summed E-state index contributed by atoms with van der Waals surface area (Å²) in [7, 11) is 0. The molecular formula is C36H28N6. The van der Waals surface area contributed by atoms with E-state index in [1.165, 1.54) is 0 Å². The molecule has 0 atom stereocenters. The molecule has 202 valence electrons.